The summed E-state index contributed by atoms with van der Waals surface area (Å²) in [6.07, 6.45) is 7.27. The minimum absolute atomic E-state index is 0.116. The molecule has 1 aliphatic heterocycles. The molecule has 3 N–H and O–H groups in total. The van der Waals surface area contributed by atoms with E-state index in [2.05, 4.69) is 35.4 Å². The molecule has 2 atom stereocenters. The molecule has 0 radical (unpaired) electrons. The number of carbonyl (C=O) groups is 1. The number of aromatic nitrogens is 3. The first-order chi connectivity index (χ1) is 15.9. The fraction of sp³-hybridized carbons (Fsp3) is 0.455. The lowest BCUT2D eigenvalue weighted by atomic mass is 9.97. The number of anilines is 3. The highest BCUT2D eigenvalue weighted by Gasteiger charge is 2.24. The number of β-amino-alcohol motifs (C(OH)–C–C–N with tert-alkyl or cyclic N) is 1. The molecule has 4 rings (SSSR count). The Morgan fingerprint density at radius 3 is 2.82 bits per heavy atom. The molecule has 0 bridgehead atoms. The Morgan fingerprint density at radius 1 is 1.30 bits per heavy atom. The van der Waals surface area contributed by atoms with E-state index in [1.807, 2.05) is 32.1 Å². The number of piperazine rings is 1. The van der Waals surface area contributed by atoms with Crippen molar-refractivity contribution in [1.82, 2.24) is 25.2 Å². The molecule has 1 fully saturated rings. The van der Waals surface area contributed by atoms with Crippen LogP contribution < -0.4 is 15.5 Å². The third kappa shape index (κ3) is 5.89. The van der Waals surface area contributed by atoms with Gasteiger partial charge >= 0.3 is 0 Å². The summed E-state index contributed by atoms with van der Waals surface area (Å²) < 4.78 is 0. The van der Waals surface area contributed by atoms with Crippen molar-refractivity contribution in [3.05, 3.63) is 46.2 Å². The lowest BCUT2D eigenvalue weighted by Crippen LogP contribution is -2.47. The zero-order chi connectivity index (χ0) is 23.4. The Balaban J connectivity index is 1.40. The maximum atomic E-state index is 12.7. The summed E-state index contributed by atoms with van der Waals surface area (Å²) in [6.45, 7) is 8.17. The maximum absolute atomic E-state index is 12.7. The van der Waals surface area contributed by atoms with Crippen LogP contribution in [-0.4, -0.2) is 76.2 Å². The molecule has 3 heterocycles. The van der Waals surface area contributed by atoms with Crippen LogP contribution in [0.3, 0.4) is 0 Å². The van der Waals surface area contributed by atoms with Gasteiger partial charge in [0.1, 0.15) is 22.3 Å². The first kappa shape index (κ1) is 23.6. The van der Waals surface area contributed by atoms with Gasteiger partial charge in [-0.2, -0.15) is 0 Å². The van der Waals surface area contributed by atoms with Crippen LogP contribution in [0, 0.1) is 12.8 Å². The average molecular weight is 490 g/mol. The van der Waals surface area contributed by atoms with Crippen LogP contribution in [0.1, 0.15) is 22.4 Å². The molecular weight excluding hydrogens is 462 g/mol. The van der Waals surface area contributed by atoms with Crippen molar-refractivity contribution < 1.29 is 9.90 Å². The maximum Gasteiger partial charge on any atom is 0.263 e. The van der Waals surface area contributed by atoms with Crippen LogP contribution in [0.15, 0.2) is 35.5 Å². The van der Waals surface area contributed by atoms with Crippen molar-refractivity contribution in [2.24, 2.45) is 5.92 Å². The van der Waals surface area contributed by atoms with Gasteiger partial charge in [-0.05, 0) is 18.9 Å². The summed E-state index contributed by atoms with van der Waals surface area (Å²) in [4.78, 5) is 31.1. The summed E-state index contributed by atoms with van der Waals surface area (Å²) in [6, 6.07) is 1.66. The fourth-order valence-corrected chi connectivity index (χ4v) is 4.92. The topological polar surface area (TPSA) is 107 Å². The Bertz CT molecular complexity index is 1050. The van der Waals surface area contributed by atoms with E-state index >= 15 is 0 Å². The lowest BCUT2D eigenvalue weighted by Gasteiger charge is -2.35. The summed E-state index contributed by atoms with van der Waals surface area (Å²) >= 11 is 7.54. The smallest absolute Gasteiger partial charge is 0.263 e. The number of hydrogen-bond donors (Lipinski definition) is 3. The van der Waals surface area contributed by atoms with Gasteiger partial charge in [0.25, 0.3) is 5.91 Å². The summed E-state index contributed by atoms with van der Waals surface area (Å²) in [7, 11) is 0. The number of aliphatic hydroxyl groups is 1. The molecule has 176 valence electrons. The van der Waals surface area contributed by atoms with Gasteiger partial charge in [-0.1, -0.05) is 42.0 Å². The number of aryl methyl sites for hydroxylation is 1. The van der Waals surface area contributed by atoms with E-state index in [0.29, 0.717) is 33.2 Å². The number of halogens is 1. The summed E-state index contributed by atoms with van der Waals surface area (Å²) in [5.74, 6) is 2.05. The molecule has 0 spiro atoms. The van der Waals surface area contributed by atoms with E-state index in [4.69, 9.17) is 16.7 Å². The number of rotatable bonds is 7. The van der Waals surface area contributed by atoms with Gasteiger partial charge in [-0.25, -0.2) is 15.0 Å². The van der Waals surface area contributed by atoms with Crippen molar-refractivity contribution in [1.29, 1.82) is 0 Å². The van der Waals surface area contributed by atoms with E-state index in [1.54, 1.807) is 12.3 Å². The number of hydrogen-bond acceptors (Lipinski definition) is 9. The highest BCUT2D eigenvalue weighted by Crippen LogP contribution is 2.26. The zero-order valence-corrected chi connectivity index (χ0v) is 20.2. The number of carbonyl (C=O) groups excluding carboxylic acids is 1. The number of nitrogens with zero attached hydrogens (tertiary/aromatic N) is 5. The number of aliphatic hydroxyl groups excluding tert-OH is 1. The predicted octanol–water partition coefficient (Wildman–Crippen LogP) is 2.53. The molecule has 1 saturated heterocycles. The van der Waals surface area contributed by atoms with Crippen molar-refractivity contribution in [2.45, 2.75) is 19.9 Å². The Morgan fingerprint density at radius 2 is 2.09 bits per heavy atom. The van der Waals surface area contributed by atoms with Crippen molar-refractivity contribution >= 4 is 45.6 Å². The number of thiazole rings is 1. The second-order valence-electron chi connectivity index (χ2n) is 8.11. The first-order valence-electron chi connectivity index (χ1n) is 10.9. The molecule has 2 aliphatic rings. The average Bonchev–Trinajstić information content (AvgIpc) is 3.25. The van der Waals surface area contributed by atoms with E-state index in [0.717, 1.165) is 32.0 Å². The van der Waals surface area contributed by atoms with E-state index in [-0.39, 0.29) is 24.5 Å². The fourth-order valence-electron chi connectivity index (χ4n) is 3.87. The normalized spacial score (nSPS) is 21.1. The molecule has 0 aromatic carbocycles. The number of allylic oxidation sites excluding steroid dienone is 2. The molecule has 2 aromatic rings. The van der Waals surface area contributed by atoms with Gasteiger partial charge in [0, 0.05) is 43.8 Å². The Labute approximate surface area is 202 Å². The highest BCUT2D eigenvalue weighted by atomic mass is 35.5. The third-order valence-electron chi connectivity index (χ3n) is 5.68. The van der Waals surface area contributed by atoms with Gasteiger partial charge in [0.05, 0.1) is 18.8 Å². The largest absolute Gasteiger partial charge is 0.395 e. The van der Waals surface area contributed by atoms with Crippen LogP contribution in [0.25, 0.3) is 0 Å². The van der Waals surface area contributed by atoms with Crippen molar-refractivity contribution in [3.63, 3.8) is 0 Å². The molecule has 1 amide bonds. The molecule has 33 heavy (non-hydrogen) atoms. The quantitative estimate of drug-likeness (QED) is 0.544. The Hall–Kier alpha value is -2.53. The monoisotopic (exact) mass is 489 g/mol. The highest BCUT2D eigenvalue weighted by molar-refractivity contribution is 7.17. The van der Waals surface area contributed by atoms with E-state index in [1.165, 1.54) is 11.3 Å². The van der Waals surface area contributed by atoms with Crippen LogP contribution in [0.4, 0.5) is 16.8 Å². The zero-order valence-electron chi connectivity index (χ0n) is 18.7. The minimum atomic E-state index is -0.243. The SMILES string of the molecule is Cc1nc(Nc2ncc(C(=O)NC3C(Cl)=CC=CC3C)s2)cc(N2CCN(CCO)CC2)n1. The van der Waals surface area contributed by atoms with E-state index < -0.39 is 0 Å². The van der Waals surface area contributed by atoms with Gasteiger partial charge in [0.2, 0.25) is 0 Å². The Kier molecular flexibility index (Phi) is 7.59. The molecule has 11 heteroatoms. The summed E-state index contributed by atoms with van der Waals surface area (Å²) in [5.41, 5.74) is 0. The predicted molar refractivity (Wildman–Crippen MR) is 131 cm³/mol. The number of amides is 1. The third-order valence-corrected chi connectivity index (χ3v) is 6.95. The van der Waals surface area contributed by atoms with Gasteiger partial charge in [-0.15, -0.1) is 0 Å². The van der Waals surface area contributed by atoms with Crippen molar-refractivity contribution in [3.8, 4) is 0 Å². The number of nitrogens with one attached hydrogen (secondary N) is 2. The van der Waals surface area contributed by atoms with Crippen LogP contribution in [-0.2, 0) is 0 Å². The van der Waals surface area contributed by atoms with Gasteiger partial charge in [-0.3, -0.25) is 9.69 Å². The molecule has 1 aliphatic carbocycles. The van der Waals surface area contributed by atoms with Crippen LogP contribution in [0.5, 0.6) is 0 Å². The van der Waals surface area contributed by atoms with Crippen LogP contribution >= 0.6 is 22.9 Å². The second kappa shape index (κ2) is 10.6. The lowest BCUT2D eigenvalue weighted by molar-refractivity contribution is 0.0941. The van der Waals surface area contributed by atoms with E-state index in [9.17, 15) is 4.79 Å². The first-order valence-corrected chi connectivity index (χ1v) is 12.1. The molecule has 9 nitrogen and oxygen atoms in total. The van der Waals surface area contributed by atoms with Crippen molar-refractivity contribution in [2.75, 3.05) is 49.5 Å². The molecular formula is C22H28ClN7O2S. The minimum Gasteiger partial charge on any atom is -0.395 e. The van der Waals surface area contributed by atoms with Gasteiger partial charge in [0.15, 0.2) is 5.13 Å². The molecule has 2 unspecified atom stereocenters. The molecule has 0 saturated carbocycles. The summed E-state index contributed by atoms with van der Waals surface area (Å²) in [5, 5.41) is 16.5. The standard InChI is InChI=1S/C22H28ClN7O2S/c1-14-4-3-5-16(23)20(14)28-21(32)17-13-24-22(33-17)27-18-12-19(26-15(2)25-18)30-8-6-29(7-9-30)10-11-31/h3-5,12-14,20,31H,6-11H2,1-2H3,(H,28,32)(H,24,25,26,27). The van der Waals surface area contributed by atoms with Crippen LogP contribution in [0.2, 0.25) is 0 Å². The molecule has 2 aromatic heterocycles. The van der Waals surface area contributed by atoms with Gasteiger partial charge < -0.3 is 20.6 Å². The second-order valence-corrected chi connectivity index (χ2v) is 9.58.